The van der Waals surface area contributed by atoms with E-state index in [2.05, 4.69) is 0 Å². The second kappa shape index (κ2) is 7.77. The largest absolute Gasteiger partial charge is 0.481 e. The number of hydrogen-bond donors (Lipinski definition) is 2. The molecule has 0 spiro atoms. The summed E-state index contributed by atoms with van der Waals surface area (Å²) in [7, 11) is 0. The summed E-state index contributed by atoms with van der Waals surface area (Å²) in [6.07, 6.45) is 0.722. The van der Waals surface area contributed by atoms with Crippen molar-refractivity contribution in [1.29, 1.82) is 0 Å². The molecule has 1 aromatic carbocycles. The predicted molar refractivity (Wildman–Crippen MR) is 103 cm³/mol. The summed E-state index contributed by atoms with van der Waals surface area (Å²) in [5.41, 5.74) is 0.872. The van der Waals surface area contributed by atoms with Gasteiger partial charge in [0.05, 0.1) is 11.3 Å². The fourth-order valence-electron chi connectivity index (χ4n) is 2.52. The molecule has 2 N–H and O–H groups in total. The number of thiocarbonyl (C=S) groups is 1. The first-order chi connectivity index (χ1) is 12.9. The topological polar surface area (TPSA) is 108 Å². The minimum atomic E-state index is -1.56. The van der Waals surface area contributed by atoms with Crippen LogP contribution < -0.4 is 0 Å². The van der Waals surface area contributed by atoms with Gasteiger partial charge >= 0.3 is 11.9 Å². The van der Waals surface area contributed by atoms with Gasteiger partial charge in [-0.25, -0.2) is 4.79 Å². The number of carbonyl (C=O) groups excluding carboxylic acids is 1. The monoisotopic (exact) mass is 403 g/mol. The SMILES string of the molecule is O=C(O)CC(C(=O)O)N1C(=O)/C(=C/c2ccc(-c3ccccc3)o2)SC1=S. The molecule has 27 heavy (non-hydrogen) atoms. The van der Waals surface area contributed by atoms with Crippen molar-refractivity contribution in [3.05, 3.63) is 53.1 Å². The van der Waals surface area contributed by atoms with Crippen molar-refractivity contribution < 1.29 is 29.0 Å². The Morgan fingerprint density at radius 1 is 1.19 bits per heavy atom. The van der Waals surface area contributed by atoms with Gasteiger partial charge in [-0.1, -0.05) is 54.3 Å². The summed E-state index contributed by atoms with van der Waals surface area (Å²) in [6.45, 7) is 0. The van der Waals surface area contributed by atoms with Crippen LogP contribution in [0.3, 0.4) is 0 Å². The maximum atomic E-state index is 12.6. The first-order valence-electron chi connectivity index (χ1n) is 7.73. The number of rotatable bonds is 6. The Labute approximate surface area is 163 Å². The van der Waals surface area contributed by atoms with Crippen molar-refractivity contribution in [3.8, 4) is 11.3 Å². The number of nitrogens with zero attached hydrogens (tertiary/aromatic N) is 1. The Kier molecular flexibility index (Phi) is 5.43. The average molecular weight is 403 g/mol. The Hall–Kier alpha value is -2.91. The number of hydrogen-bond acceptors (Lipinski definition) is 6. The molecule has 138 valence electrons. The molecule has 0 aliphatic carbocycles. The Morgan fingerprint density at radius 3 is 2.52 bits per heavy atom. The summed E-state index contributed by atoms with van der Waals surface area (Å²) in [5.74, 6) is -2.40. The zero-order valence-corrected chi connectivity index (χ0v) is 15.3. The lowest BCUT2D eigenvalue weighted by atomic mass is 10.2. The number of amides is 1. The highest BCUT2D eigenvalue weighted by molar-refractivity contribution is 8.26. The molecule has 0 radical (unpaired) electrons. The van der Waals surface area contributed by atoms with E-state index in [9.17, 15) is 19.5 Å². The first kappa shape index (κ1) is 18.9. The number of aliphatic carboxylic acids is 2. The number of carboxylic acid groups (broad SMARTS) is 2. The van der Waals surface area contributed by atoms with Gasteiger partial charge in [0.25, 0.3) is 5.91 Å². The predicted octanol–water partition coefficient (Wildman–Crippen LogP) is 3.08. The normalized spacial score (nSPS) is 16.7. The van der Waals surface area contributed by atoms with Crippen molar-refractivity contribution in [2.24, 2.45) is 0 Å². The van der Waals surface area contributed by atoms with Gasteiger partial charge in [0.15, 0.2) is 0 Å². The highest BCUT2D eigenvalue weighted by Gasteiger charge is 2.41. The molecule has 0 bridgehead atoms. The van der Waals surface area contributed by atoms with E-state index in [1.165, 1.54) is 6.08 Å². The van der Waals surface area contributed by atoms with Crippen LogP contribution in [0, 0.1) is 0 Å². The number of thioether (sulfide) groups is 1. The minimum Gasteiger partial charge on any atom is -0.481 e. The second-order valence-corrected chi connectivity index (χ2v) is 7.25. The molecule has 1 aliphatic heterocycles. The molecule has 1 unspecified atom stereocenters. The van der Waals surface area contributed by atoms with Gasteiger partial charge in [-0.15, -0.1) is 0 Å². The van der Waals surface area contributed by atoms with Crippen molar-refractivity contribution in [1.82, 2.24) is 4.90 Å². The van der Waals surface area contributed by atoms with Gasteiger partial charge in [-0.05, 0) is 12.1 Å². The highest BCUT2D eigenvalue weighted by atomic mass is 32.2. The lowest BCUT2D eigenvalue weighted by Crippen LogP contribution is -2.45. The highest BCUT2D eigenvalue weighted by Crippen LogP contribution is 2.35. The van der Waals surface area contributed by atoms with Crippen molar-refractivity contribution in [2.45, 2.75) is 12.5 Å². The first-order valence-corrected chi connectivity index (χ1v) is 8.96. The summed E-state index contributed by atoms with van der Waals surface area (Å²) in [5, 5.41) is 18.2. The van der Waals surface area contributed by atoms with Crippen molar-refractivity contribution >= 4 is 52.2 Å². The lowest BCUT2D eigenvalue weighted by Gasteiger charge is -2.21. The molecular weight excluding hydrogens is 390 g/mol. The van der Waals surface area contributed by atoms with Crippen LogP contribution in [-0.4, -0.2) is 43.3 Å². The molecule has 2 aromatic rings. The van der Waals surface area contributed by atoms with E-state index in [1.807, 2.05) is 30.3 Å². The van der Waals surface area contributed by atoms with Crippen molar-refractivity contribution in [2.75, 3.05) is 0 Å². The molecule has 9 heteroatoms. The van der Waals surface area contributed by atoms with Crippen molar-refractivity contribution in [3.63, 3.8) is 0 Å². The fourth-order valence-corrected chi connectivity index (χ4v) is 3.86. The Bertz CT molecular complexity index is 950. The number of carboxylic acids is 2. The van der Waals surface area contributed by atoms with Gasteiger partial charge in [0, 0.05) is 11.6 Å². The molecule has 1 aromatic heterocycles. The van der Waals surface area contributed by atoms with E-state index < -0.39 is 30.3 Å². The third-order valence-electron chi connectivity index (χ3n) is 3.75. The van der Waals surface area contributed by atoms with E-state index in [4.69, 9.17) is 21.7 Å². The smallest absolute Gasteiger partial charge is 0.327 e. The molecular formula is C18H13NO6S2. The minimum absolute atomic E-state index is 0.00487. The van der Waals surface area contributed by atoms with Crippen LogP contribution in [0.1, 0.15) is 12.2 Å². The zero-order valence-electron chi connectivity index (χ0n) is 13.7. The zero-order chi connectivity index (χ0) is 19.6. The van der Waals surface area contributed by atoms with Gasteiger partial charge < -0.3 is 14.6 Å². The fraction of sp³-hybridized carbons (Fsp3) is 0.111. The van der Waals surface area contributed by atoms with E-state index in [-0.39, 0.29) is 9.23 Å². The standard InChI is InChI=1S/C18H13NO6S2/c20-15(21)9-12(17(23)24)19-16(22)14(27-18(19)26)8-11-6-7-13(25-11)10-4-2-1-3-5-10/h1-8,12H,9H2,(H,20,21)(H,23,24)/b14-8-. The third kappa shape index (κ3) is 4.09. The van der Waals surface area contributed by atoms with Crippen LogP contribution in [0.4, 0.5) is 0 Å². The van der Waals surface area contributed by atoms with Crippen LogP contribution >= 0.6 is 24.0 Å². The maximum Gasteiger partial charge on any atom is 0.327 e. The van der Waals surface area contributed by atoms with E-state index in [1.54, 1.807) is 12.1 Å². The van der Waals surface area contributed by atoms with E-state index in [0.29, 0.717) is 11.5 Å². The van der Waals surface area contributed by atoms with E-state index in [0.717, 1.165) is 22.2 Å². The lowest BCUT2D eigenvalue weighted by molar-refractivity contribution is -0.150. The maximum absolute atomic E-state index is 12.6. The number of carbonyl (C=O) groups is 3. The molecule has 1 atom stereocenters. The van der Waals surface area contributed by atoms with Gasteiger partial charge in [0.1, 0.15) is 21.9 Å². The molecule has 1 fully saturated rings. The number of furan rings is 1. The molecule has 3 rings (SSSR count). The average Bonchev–Trinajstić information content (AvgIpc) is 3.19. The van der Waals surface area contributed by atoms with Crippen LogP contribution in [0.25, 0.3) is 17.4 Å². The molecule has 1 aliphatic rings. The summed E-state index contributed by atoms with van der Waals surface area (Å²) in [6, 6.07) is 11.3. The molecule has 1 amide bonds. The number of benzene rings is 1. The molecule has 1 saturated heterocycles. The van der Waals surface area contributed by atoms with Gasteiger partial charge in [-0.3, -0.25) is 14.5 Å². The Morgan fingerprint density at radius 2 is 1.89 bits per heavy atom. The van der Waals surface area contributed by atoms with Crippen LogP contribution in [0.2, 0.25) is 0 Å². The Balaban J connectivity index is 1.85. The molecule has 2 heterocycles. The second-order valence-electron chi connectivity index (χ2n) is 5.57. The van der Waals surface area contributed by atoms with Crippen LogP contribution in [0.5, 0.6) is 0 Å². The van der Waals surface area contributed by atoms with Crippen LogP contribution in [-0.2, 0) is 14.4 Å². The third-order valence-corrected chi connectivity index (χ3v) is 5.08. The van der Waals surface area contributed by atoms with Crippen LogP contribution in [0.15, 0.2) is 51.8 Å². The van der Waals surface area contributed by atoms with E-state index >= 15 is 0 Å². The van der Waals surface area contributed by atoms with Gasteiger partial charge in [-0.2, -0.15) is 0 Å². The summed E-state index contributed by atoms with van der Waals surface area (Å²) < 4.78 is 5.70. The molecule has 7 nitrogen and oxygen atoms in total. The summed E-state index contributed by atoms with van der Waals surface area (Å²) in [4.78, 5) is 35.9. The summed E-state index contributed by atoms with van der Waals surface area (Å²) >= 11 is 5.99. The molecule has 0 saturated carbocycles. The quantitative estimate of drug-likeness (QED) is 0.560. The van der Waals surface area contributed by atoms with Gasteiger partial charge in [0.2, 0.25) is 0 Å².